The zero-order chi connectivity index (χ0) is 27.8. The predicted octanol–water partition coefficient (Wildman–Crippen LogP) is 2.30. The van der Waals surface area contributed by atoms with Gasteiger partial charge in [0.05, 0.1) is 18.4 Å². The van der Waals surface area contributed by atoms with Crippen LogP contribution in [0.5, 0.6) is 11.5 Å². The molecule has 3 N–H and O–H groups in total. The van der Waals surface area contributed by atoms with Crippen LogP contribution in [0.25, 0.3) is 0 Å². The van der Waals surface area contributed by atoms with Crippen molar-refractivity contribution in [3.63, 3.8) is 0 Å². The lowest BCUT2D eigenvalue weighted by Crippen LogP contribution is -2.52. The molecule has 1 atom stereocenters. The van der Waals surface area contributed by atoms with Crippen molar-refractivity contribution < 1.29 is 33.8 Å². The lowest BCUT2D eigenvalue weighted by molar-refractivity contribution is -0.142. The highest BCUT2D eigenvalue weighted by Gasteiger charge is 2.42. The fourth-order valence-electron chi connectivity index (χ4n) is 5.13. The number of amides is 3. The first-order valence-corrected chi connectivity index (χ1v) is 13.2. The standard InChI is InChI=1S/C29H35N3O7/c1-38-16-10-26(34)32-14-11-29(12-15-32)19-21-3-2-4-23(17-21)39-22-7-5-20(6-8-22)18-24(27(35)36)31-25(33)9-13-30-28(29)37/h2-8,17,24H,9-16,18-19H2,1H3,(H,30,37)(H,31,33)(H,35,36)/t24-/m0/s1. The second-order valence-electron chi connectivity index (χ2n) is 10.1. The minimum absolute atomic E-state index is 0.00151. The summed E-state index contributed by atoms with van der Waals surface area (Å²) in [5.41, 5.74) is 0.901. The van der Waals surface area contributed by atoms with Crippen LogP contribution in [0.3, 0.4) is 0 Å². The van der Waals surface area contributed by atoms with Crippen LogP contribution in [0.2, 0.25) is 0 Å². The highest BCUT2D eigenvalue weighted by molar-refractivity contribution is 5.86. The molecule has 2 aromatic rings. The number of fused-ring (bicyclic) bond motifs is 9. The topological polar surface area (TPSA) is 134 Å². The van der Waals surface area contributed by atoms with Crippen molar-refractivity contribution in [1.29, 1.82) is 0 Å². The van der Waals surface area contributed by atoms with Gasteiger partial charge < -0.3 is 30.1 Å². The molecule has 10 nitrogen and oxygen atoms in total. The monoisotopic (exact) mass is 537 g/mol. The molecule has 0 aliphatic carbocycles. The summed E-state index contributed by atoms with van der Waals surface area (Å²) in [5, 5.41) is 15.1. The Labute approximate surface area is 227 Å². The summed E-state index contributed by atoms with van der Waals surface area (Å²) in [6.45, 7) is 1.31. The van der Waals surface area contributed by atoms with E-state index in [1.807, 2.05) is 24.3 Å². The molecule has 1 spiro atoms. The summed E-state index contributed by atoms with van der Waals surface area (Å²) in [6.07, 6.45) is 1.75. The second-order valence-corrected chi connectivity index (χ2v) is 10.1. The van der Waals surface area contributed by atoms with Gasteiger partial charge in [0.15, 0.2) is 0 Å². The molecule has 3 aliphatic rings. The molecule has 5 rings (SSSR count). The van der Waals surface area contributed by atoms with Gasteiger partial charge in [0.1, 0.15) is 17.5 Å². The first kappa shape index (κ1) is 28.1. The average Bonchev–Trinajstić information content (AvgIpc) is 2.92. The number of hydrogen-bond donors (Lipinski definition) is 3. The second kappa shape index (κ2) is 12.8. The third kappa shape index (κ3) is 7.35. The number of carbonyl (C=O) groups excluding carboxylic acids is 3. The SMILES string of the molecule is COCCC(=O)N1CCC2(CC1)Cc1cccc(c1)Oc1ccc(cc1)C[C@@H](C(=O)O)NC(=O)CCNC2=O. The smallest absolute Gasteiger partial charge is 0.326 e. The molecule has 3 heterocycles. The third-order valence-corrected chi connectivity index (χ3v) is 7.39. The summed E-state index contributed by atoms with van der Waals surface area (Å²) in [6, 6.07) is 13.6. The van der Waals surface area contributed by atoms with Crippen molar-refractivity contribution in [1.82, 2.24) is 15.5 Å². The molecule has 4 bridgehead atoms. The Morgan fingerprint density at radius 2 is 1.82 bits per heavy atom. The van der Waals surface area contributed by atoms with E-state index in [9.17, 15) is 24.3 Å². The number of hydrogen-bond acceptors (Lipinski definition) is 6. The quantitative estimate of drug-likeness (QED) is 0.545. The number of nitrogens with zero attached hydrogens (tertiary/aromatic N) is 1. The predicted molar refractivity (Wildman–Crippen MR) is 142 cm³/mol. The molecule has 1 saturated heterocycles. The number of carboxylic acids is 1. The van der Waals surface area contributed by atoms with E-state index in [1.165, 1.54) is 0 Å². The molecular weight excluding hydrogens is 502 g/mol. The maximum Gasteiger partial charge on any atom is 0.326 e. The van der Waals surface area contributed by atoms with E-state index >= 15 is 0 Å². The van der Waals surface area contributed by atoms with Crippen molar-refractivity contribution in [3.8, 4) is 11.5 Å². The zero-order valence-corrected chi connectivity index (χ0v) is 22.1. The molecule has 10 heteroatoms. The van der Waals surface area contributed by atoms with Crippen LogP contribution in [0.15, 0.2) is 48.5 Å². The van der Waals surface area contributed by atoms with Crippen LogP contribution in [0, 0.1) is 5.41 Å². The molecule has 3 aliphatic heterocycles. The van der Waals surface area contributed by atoms with Gasteiger partial charge in [-0.2, -0.15) is 0 Å². The van der Waals surface area contributed by atoms with Gasteiger partial charge in [-0.1, -0.05) is 24.3 Å². The summed E-state index contributed by atoms with van der Waals surface area (Å²) in [5.74, 6) is -0.563. The number of methoxy groups -OCH3 is 1. The normalized spacial score (nSPS) is 19.8. The van der Waals surface area contributed by atoms with Crippen molar-refractivity contribution in [2.45, 2.75) is 44.6 Å². The van der Waals surface area contributed by atoms with Gasteiger partial charge in [-0.25, -0.2) is 4.79 Å². The number of carboxylic acid groups (broad SMARTS) is 1. The maximum atomic E-state index is 13.6. The number of carbonyl (C=O) groups is 4. The Morgan fingerprint density at radius 1 is 1.08 bits per heavy atom. The molecule has 1 fully saturated rings. The van der Waals surface area contributed by atoms with E-state index in [0.29, 0.717) is 56.9 Å². The fraction of sp³-hybridized carbons (Fsp3) is 0.448. The van der Waals surface area contributed by atoms with Crippen molar-refractivity contribution >= 4 is 23.7 Å². The van der Waals surface area contributed by atoms with Gasteiger partial charge in [-0.15, -0.1) is 0 Å². The van der Waals surface area contributed by atoms with Crippen molar-refractivity contribution in [3.05, 3.63) is 59.7 Å². The van der Waals surface area contributed by atoms with Crippen LogP contribution >= 0.6 is 0 Å². The van der Waals surface area contributed by atoms with E-state index in [0.717, 1.165) is 11.1 Å². The summed E-state index contributed by atoms with van der Waals surface area (Å²) in [7, 11) is 1.56. The summed E-state index contributed by atoms with van der Waals surface area (Å²) >= 11 is 0. The molecule has 0 aromatic heterocycles. The van der Waals surface area contributed by atoms with Gasteiger partial charge in [-0.3, -0.25) is 14.4 Å². The van der Waals surface area contributed by atoms with Crippen LogP contribution < -0.4 is 15.4 Å². The number of ether oxygens (including phenoxy) is 2. The molecule has 3 amide bonds. The van der Waals surface area contributed by atoms with Gasteiger partial charge in [0.25, 0.3) is 0 Å². The summed E-state index contributed by atoms with van der Waals surface area (Å²) < 4.78 is 11.1. The Bertz CT molecular complexity index is 1190. The van der Waals surface area contributed by atoms with Gasteiger partial charge in [0, 0.05) is 39.6 Å². The van der Waals surface area contributed by atoms with Crippen LogP contribution in [0.4, 0.5) is 0 Å². The van der Waals surface area contributed by atoms with E-state index < -0.39 is 23.3 Å². The van der Waals surface area contributed by atoms with E-state index in [2.05, 4.69) is 10.6 Å². The van der Waals surface area contributed by atoms with E-state index in [1.54, 1.807) is 36.3 Å². The van der Waals surface area contributed by atoms with Crippen molar-refractivity contribution in [2.24, 2.45) is 5.41 Å². The Hall–Kier alpha value is -3.92. The molecule has 0 saturated carbocycles. The van der Waals surface area contributed by atoms with Crippen LogP contribution in [-0.4, -0.2) is 73.1 Å². The summed E-state index contributed by atoms with van der Waals surface area (Å²) in [4.78, 5) is 52.2. The van der Waals surface area contributed by atoms with E-state index in [4.69, 9.17) is 9.47 Å². The third-order valence-electron chi connectivity index (χ3n) is 7.39. The number of aliphatic carboxylic acids is 1. The van der Waals surface area contributed by atoms with Gasteiger partial charge >= 0.3 is 5.97 Å². The molecule has 39 heavy (non-hydrogen) atoms. The molecule has 2 aromatic carbocycles. The highest BCUT2D eigenvalue weighted by atomic mass is 16.5. The van der Waals surface area contributed by atoms with E-state index in [-0.39, 0.29) is 31.2 Å². The van der Waals surface area contributed by atoms with Crippen molar-refractivity contribution in [2.75, 3.05) is 33.4 Å². The minimum Gasteiger partial charge on any atom is -0.480 e. The molecule has 0 radical (unpaired) electrons. The molecule has 0 unspecified atom stereocenters. The Morgan fingerprint density at radius 3 is 2.51 bits per heavy atom. The first-order chi connectivity index (χ1) is 18.8. The number of benzene rings is 2. The lowest BCUT2D eigenvalue weighted by atomic mass is 9.72. The Kier molecular flexibility index (Phi) is 9.19. The number of piperidine rings is 1. The maximum absolute atomic E-state index is 13.6. The van der Waals surface area contributed by atoms with Crippen LogP contribution in [-0.2, 0) is 36.8 Å². The van der Waals surface area contributed by atoms with Gasteiger partial charge in [-0.05, 0) is 54.7 Å². The number of rotatable bonds is 4. The highest BCUT2D eigenvalue weighted by Crippen LogP contribution is 2.37. The first-order valence-electron chi connectivity index (χ1n) is 13.2. The fourth-order valence-corrected chi connectivity index (χ4v) is 5.13. The van der Waals surface area contributed by atoms with Gasteiger partial charge in [0.2, 0.25) is 17.7 Å². The lowest BCUT2D eigenvalue weighted by Gasteiger charge is -2.41. The molecule has 208 valence electrons. The van der Waals surface area contributed by atoms with Crippen LogP contribution in [0.1, 0.15) is 36.8 Å². The number of likely N-dealkylation sites (tertiary alicyclic amines) is 1. The minimum atomic E-state index is -1.13. The largest absolute Gasteiger partial charge is 0.480 e. The number of nitrogens with one attached hydrogen (secondary N) is 2. The molecular formula is C29H35N3O7. The zero-order valence-electron chi connectivity index (χ0n) is 22.1. The average molecular weight is 538 g/mol. The Balaban J connectivity index is 1.59.